The number of amides is 1. The number of carboxylic acid groups (broad SMARTS) is 1. The molecule has 3 aromatic rings. The van der Waals surface area contributed by atoms with E-state index in [1.807, 2.05) is 6.92 Å². The third kappa shape index (κ3) is 7.21. The van der Waals surface area contributed by atoms with Crippen LogP contribution in [0.15, 0.2) is 53.8 Å². The number of carboxylic acids is 1. The Bertz CT molecular complexity index is 1190. The average Bonchev–Trinajstić information content (AvgIpc) is 2.79. The van der Waals surface area contributed by atoms with Crippen molar-refractivity contribution < 1.29 is 18.9 Å². The standard InChI is InChI=1S/C22H21Cl2N5O4S/c1-2-7-34(33)20-11-19(25-12-26-20)28-16(22(31)32)8-13-3-5-15(6-4-13)27-21(30)14-9-17(23)29-18(24)10-14/h3-6,9-12,16H,2,7-8H2,1H3,(H,27,30)(H,31,32)(H,25,26,28)/t16-,34?/m0/s1. The minimum absolute atomic E-state index is 0.104. The highest BCUT2D eigenvalue weighted by atomic mass is 35.5. The summed E-state index contributed by atoms with van der Waals surface area (Å²) in [5.74, 6) is -0.744. The van der Waals surface area contributed by atoms with Crippen molar-refractivity contribution in [1.29, 1.82) is 0 Å². The zero-order valence-corrected chi connectivity index (χ0v) is 20.3. The second-order valence-corrected chi connectivity index (χ2v) is 9.47. The van der Waals surface area contributed by atoms with E-state index in [9.17, 15) is 18.9 Å². The number of aliphatic carboxylic acids is 1. The Kier molecular flexibility index (Phi) is 8.91. The third-order valence-electron chi connectivity index (χ3n) is 4.56. The van der Waals surface area contributed by atoms with Crippen molar-refractivity contribution in [1.82, 2.24) is 15.0 Å². The summed E-state index contributed by atoms with van der Waals surface area (Å²) >= 11 is 11.7. The summed E-state index contributed by atoms with van der Waals surface area (Å²) in [6.45, 7) is 1.92. The molecule has 1 aromatic carbocycles. The highest BCUT2D eigenvalue weighted by Gasteiger charge is 2.19. The molecule has 0 aliphatic rings. The van der Waals surface area contributed by atoms with Gasteiger partial charge in [-0.15, -0.1) is 0 Å². The number of aromatic nitrogens is 3. The first-order valence-electron chi connectivity index (χ1n) is 10.2. The molecule has 9 nitrogen and oxygen atoms in total. The van der Waals surface area contributed by atoms with Gasteiger partial charge in [-0.1, -0.05) is 42.3 Å². The summed E-state index contributed by atoms with van der Waals surface area (Å²) in [7, 11) is -1.27. The van der Waals surface area contributed by atoms with Crippen molar-refractivity contribution in [3.8, 4) is 0 Å². The van der Waals surface area contributed by atoms with Gasteiger partial charge in [0.1, 0.15) is 33.5 Å². The van der Waals surface area contributed by atoms with E-state index < -0.39 is 28.7 Å². The maximum atomic E-state index is 12.4. The predicted molar refractivity (Wildman–Crippen MR) is 131 cm³/mol. The summed E-state index contributed by atoms with van der Waals surface area (Å²) < 4.78 is 12.2. The Morgan fingerprint density at radius 2 is 1.76 bits per heavy atom. The van der Waals surface area contributed by atoms with Crippen molar-refractivity contribution in [2.24, 2.45) is 0 Å². The number of anilines is 2. The molecule has 0 bridgehead atoms. The van der Waals surface area contributed by atoms with Crippen molar-refractivity contribution in [3.05, 3.63) is 70.2 Å². The van der Waals surface area contributed by atoms with Crippen LogP contribution in [0.25, 0.3) is 0 Å². The minimum Gasteiger partial charge on any atom is -0.480 e. The van der Waals surface area contributed by atoms with Crippen LogP contribution in [0.5, 0.6) is 0 Å². The van der Waals surface area contributed by atoms with Crippen molar-refractivity contribution in [2.45, 2.75) is 30.8 Å². The lowest BCUT2D eigenvalue weighted by molar-refractivity contribution is -0.137. The van der Waals surface area contributed by atoms with E-state index in [-0.39, 0.29) is 28.1 Å². The first kappa shape index (κ1) is 25.5. The quantitative estimate of drug-likeness (QED) is 0.268. The number of rotatable bonds is 10. The first-order chi connectivity index (χ1) is 16.2. The molecule has 12 heteroatoms. The molecule has 178 valence electrons. The molecular formula is C22H21Cl2N5O4S. The van der Waals surface area contributed by atoms with Crippen molar-refractivity contribution >= 4 is 57.4 Å². The zero-order chi connectivity index (χ0) is 24.7. The van der Waals surface area contributed by atoms with Crippen molar-refractivity contribution in [3.63, 3.8) is 0 Å². The van der Waals surface area contributed by atoms with Gasteiger partial charge in [0.05, 0.1) is 10.8 Å². The second kappa shape index (κ2) is 11.9. The van der Waals surface area contributed by atoms with Crippen LogP contribution < -0.4 is 10.6 Å². The Balaban J connectivity index is 1.66. The Hall–Kier alpha value is -3.08. The topological polar surface area (TPSA) is 134 Å². The van der Waals surface area contributed by atoms with E-state index in [1.165, 1.54) is 24.5 Å². The lowest BCUT2D eigenvalue weighted by atomic mass is 10.1. The molecule has 2 heterocycles. The summed E-state index contributed by atoms with van der Waals surface area (Å²) in [6.07, 6.45) is 2.14. The molecule has 2 atom stereocenters. The molecule has 0 saturated carbocycles. The minimum atomic E-state index is -1.27. The lowest BCUT2D eigenvalue weighted by Crippen LogP contribution is -2.32. The molecule has 2 aromatic heterocycles. The monoisotopic (exact) mass is 521 g/mol. The predicted octanol–water partition coefficient (Wildman–Crippen LogP) is 4.06. The van der Waals surface area contributed by atoms with Gasteiger partial charge < -0.3 is 15.7 Å². The van der Waals surface area contributed by atoms with Gasteiger partial charge >= 0.3 is 5.97 Å². The van der Waals surface area contributed by atoms with Crippen LogP contribution in [-0.4, -0.2) is 47.9 Å². The number of benzene rings is 1. The number of nitrogens with one attached hydrogen (secondary N) is 2. The van der Waals surface area contributed by atoms with Crippen molar-refractivity contribution in [2.75, 3.05) is 16.4 Å². The number of halogens is 2. The highest BCUT2D eigenvalue weighted by molar-refractivity contribution is 7.84. The summed E-state index contributed by atoms with van der Waals surface area (Å²) in [5.41, 5.74) is 1.49. The molecule has 3 N–H and O–H groups in total. The van der Waals surface area contributed by atoms with E-state index in [2.05, 4.69) is 25.6 Å². The molecule has 1 unspecified atom stereocenters. The summed E-state index contributed by atoms with van der Waals surface area (Å²) in [6, 6.07) is 10.1. The molecule has 0 aliphatic carbocycles. The molecule has 0 fully saturated rings. The van der Waals surface area contributed by atoms with Crippen LogP contribution in [0.3, 0.4) is 0 Å². The molecule has 0 saturated heterocycles. The van der Waals surface area contributed by atoms with Crippen LogP contribution >= 0.6 is 23.2 Å². The van der Waals surface area contributed by atoms with Gasteiger partial charge in [-0.2, -0.15) is 0 Å². The van der Waals surface area contributed by atoms with Crippen LogP contribution in [0.4, 0.5) is 11.5 Å². The largest absolute Gasteiger partial charge is 0.480 e. The van der Waals surface area contributed by atoms with E-state index in [0.29, 0.717) is 16.5 Å². The number of pyridine rings is 1. The Labute approximate surface area is 208 Å². The number of carbonyl (C=O) groups is 2. The molecule has 34 heavy (non-hydrogen) atoms. The lowest BCUT2D eigenvalue weighted by Gasteiger charge is -2.16. The molecule has 0 spiro atoms. The number of hydrogen-bond acceptors (Lipinski definition) is 7. The van der Waals surface area contributed by atoms with Crippen LogP contribution in [0, 0.1) is 0 Å². The van der Waals surface area contributed by atoms with Gasteiger partial charge in [-0.25, -0.2) is 19.7 Å². The molecule has 1 amide bonds. The van der Waals surface area contributed by atoms with Crippen LogP contribution in [0.2, 0.25) is 10.3 Å². The Morgan fingerprint density at radius 3 is 2.38 bits per heavy atom. The van der Waals surface area contributed by atoms with Gasteiger partial charge in [0.15, 0.2) is 0 Å². The maximum absolute atomic E-state index is 12.4. The van der Waals surface area contributed by atoms with Gasteiger partial charge in [0, 0.05) is 29.5 Å². The molecule has 0 radical (unpaired) electrons. The maximum Gasteiger partial charge on any atom is 0.326 e. The van der Waals surface area contributed by atoms with E-state index >= 15 is 0 Å². The normalized spacial score (nSPS) is 12.6. The van der Waals surface area contributed by atoms with Crippen LogP contribution in [0.1, 0.15) is 29.3 Å². The van der Waals surface area contributed by atoms with E-state index in [4.69, 9.17) is 23.2 Å². The summed E-state index contributed by atoms with van der Waals surface area (Å²) in [5, 5.41) is 15.8. The van der Waals surface area contributed by atoms with Gasteiger partial charge in [-0.05, 0) is 36.2 Å². The molecule has 3 rings (SSSR count). The van der Waals surface area contributed by atoms with E-state index in [0.717, 1.165) is 12.0 Å². The fraction of sp³-hybridized carbons (Fsp3) is 0.227. The number of hydrogen-bond donors (Lipinski definition) is 3. The fourth-order valence-corrected chi connectivity index (χ4v) is 4.42. The Morgan fingerprint density at radius 1 is 1.09 bits per heavy atom. The second-order valence-electron chi connectivity index (χ2n) is 7.18. The fourth-order valence-electron chi connectivity index (χ4n) is 2.97. The number of nitrogens with zero attached hydrogens (tertiary/aromatic N) is 3. The number of carbonyl (C=O) groups excluding carboxylic acids is 1. The third-order valence-corrected chi connectivity index (χ3v) is 6.42. The molecular weight excluding hydrogens is 501 g/mol. The highest BCUT2D eigenvalue weighted by Crippen LogP contribution is 2.18. The average molecular weight is 522 g/mol. The zero-order valence-electron chi connectivity index (χ0n) is 18.0. The first-order valence-corrected chi connectivity index (χ1v) is 12.3. The van der Waals surface area contributed by atoms with Gasteiger partial charge in [-0.3, -0.25) is 9.00 Å². The molecule has 0 aliphatic heterocycles. The van der Waals surface area contributed by atoms with Gasteiger partial charge in [0.2, 0.25) is 0 Å². The van der Waals surface area contributed by atoms with Crippen LogP contribution in [-0.2, 0) is 22.0 Å². The van der Waals surface area contributed by atoms with Gasteiger partial charge in [0.25, 0.3) is 5.91 Å². The SMILES string of the molecule is CCCS(=O)c1cc(N[C@@H](Cc2ccc(NC(=O)c3cc(Cl)nc(Cl)c3)cc2)C(=O)O)ncn1. The smallest absolute Gasteiger partial charge is 0.326 e. The van der Waals surface area contributed by atoms with E-state index in [1.54, 1.807) is 24.3 Å². The summed E-state index contributed by atoms with van der Waals surface area (Å²) in [4.78, 5) is 36.1.